The summed E-state index contributed by atoms with van der Waals surface area (Å²) >= 11 is 0. The summed E-state index contributed by atoms with van der Waals surface area (Å²) in [7, 11) is 0. The van der Waals surface area contributed by atoms with Crippen LogP contribution in [0, 0.1) is 6.92 Å². The highest BCUT2D eigenvalue weighted by Gasteiger charge is 2.39. The number of carboxylic acids is 1. The van der Waals surface area contributed by atoms with Crippen LogP contribution in [0.4, 0.5) is 0 Å². The van der Waals surface area contributed by atoms with Gasteiger partial charge < -0.3 is 14.6 Å². The van der Waals surface area contributed by atoms with Gasteiger partial charge in [0.1, 0.15) is 0 Å². The molecule has 6 heteroatoms. The Bertz CT molecular complexity index is 628. The average Bonchev–Trinajstić information content (AvgIpc) is 2.47. The van der Waals surface area contributed by atoms with Crippen LogP contribution < -0.4 is 0 Å². The summed E-state index contributed by atoms with van der Waals surface area (Å²) < 4.78 is 10.7. The van der Waals surface area contributed by atoms with Gasteiger partial charge in [0.15, 0.2) is 0 Å². The molecule has 124 valence electrons. The molecule has 0 bridgehead atoms. The molecule has 0 unspecified atom stereocenters. The number of hydrogen-bond acceptors (Lipinski definition) is 5. The van der Waals surface area contributed by atoms with Crippen LogP contribution in [-0.4, -0.2) is 28.8 Å². The van der Waals surface area contributed by atoms with E-state index in [-0.39, 0.29) is 11.1 Å². The van der Waals surface area contributed by atoms with E-state index in [2.05, 4.69) is 0 Å². The van der Waals surface area contributed by atoms with E-state index in [4.69, 9.17) is 14.6 Å². The smallest absolute Gasteiger partial charge is 0.341 e. The summed E-state index contributed by atoms with van der Waals surface area (Å²) in [6.07, 6.45) is 3.50. The Labute approximate surface area is 134 Å². The summed E-state index contributed by atoms with van der Waals surface area (Å²) in [6.45, 7) is 2.93. The second-order valence-electron chi connectivity index (χ2n) is 5.79. The van der Waals surface area contributed by atoms with Gasteiger partial charge in [0, 0.05) is 19.8 Å². The molecule has 1 fully saturated rings. The first-order chi connectivity index (χ1) is 10.8. The number of carbonyl (C=O) groups excluding carboxylic acids is 2. The van der Waals surface area contributed by atoms with Crippen molar-refractivity contribution in [1.82, 2.24) is 0 Å². The van der Waals surface area contributed by atoms with Gasteiger partial charge in [0.05, 0.1) is 11.1 Å². The molecule has 0 radical (unpaired) electrons. The van der Waals surface area contributed by atoms with Crippen molar-refractivity contribution in [2.45, 2.75) is 51.7 Å². The monoisotopic (exact) mass is 320 g/mol. The highest BCUT2D eigenvalue weighted by molar-refractivity contribution is 5.95. The first kappa shape index (κ1) is 17.0. The second-order valence-corrected chi connectivity index (χ2v) is 5.79. The van der Waals surface area contributed by atoms with Crippen molar-refractivity contribution in [3.05, 3.63) is 34.9 Å². The highest BCUT2D eigenvalue weighted by atomic mass is 16.7. The molecule has 1 aromatic carbocycles. The summed E-state index contributed by atoms with van der Waals surface area (Å²) in [5.74, 6) is -3.54. The lowest BCUT2D eigenvalue weighted by molar-refractivity contribution is -0.218. The maximum Gasteiger partial charge on any atom is 0.341 e. The largest absolute Gasteiger partial charge is 0.478 e. The molecule has 23 heavy (non-hydrogen) atoms. The molecule has 0 atom stereocenters. The van der Waals surface area contributed by atoms with Crippen molar-refractivity contribution < 1.29 is 29.0 Å². The third kappa shape index (κ3) is 4.09. The Morgan fingerprint density at radius 2 is 1.74 bits per heavy atom. The van der Waals surface area contributed by atoms with Crippen LogP contribution in [0.3, 0.4) is 0 Å². The van der Waals surface area contributed by atoms with Crippen LogP contribution in [0.2, 0.25) is 0 Å². The zero-order valence-corrected chi connectivity index (χ0v) is 13.3. The van der Waals surface area contributed by atoms with Gasteiger partial charge in [-0.3, -0.25) is 4.79 Å². The number of benzene rings is 1. The van der Waals surface area contributed by atoms with Crippen molar-refractivity contribution in [1.29, 1.82) is 0 Å². The Kier molecular flexibility index (Phi) is 5.03. The first-order valence-electron chi connectivity index (χ1n) is 7.60. The molecule has 1 aliphatic rings. The van der Waals surface area contributed by atoms with E-state index < -0.39 is 23.7 Å². The Hall–Kier alpha value is -2.37. The molecule has 0 amide bonds. The lowest BCUT2D eigenvalue weighted by atomic mass is 9.94. The maximum absolute atomic E-state index is 12.4. The summed E-state index contributed by atoms with van der Waals surface area (Å²) in [4.78, 5) is 34.9. The molecule has 0 aromatic heterocycles. The molecule has 1 aromatic rings. The Morgan fingerprint density at radius 1 is 1.09 bits per heavy atom. The van der Waals surface area contributed by atoms with Crippen LogP contribution in [0.1, 0.15) is 65.3 Å². The van der Waals surface area contributed by atoms with E-state index >= 15 is 0 Å². The quantitative estimate of drug-likeness (QED) is 0.677. The van der Waals surface area contributed by atoms with Crippen molar-refractivity contribution in [2.24, 2.45) is 0 Å². The molecule has 1 N–H and O–H groups in total. The maximum atomic E-state index is 12.4. The van der Waals surface area contributed by atoms with Crippen LogP contribution in [0.5, 0.6) is 0 Å². The Balaban J connectivity index is 2.23. The van der Waals surface area contributed by atoms with Gasteiger partial charge in [-0.15, -0.1) is 0 Å². The minimum Gasteiger partial charge on any atom is -0.478 e. The molecule has 1 aliphatic carbocycles. The fourth-order valence-corrected chi connectivity index (χ4v) is 2.78. The minimum atomic E-state index is -1.24. The second kappa shape index (κ2) is 6.81. The molecular weight excluding hydrogens is 300 g/mol. The van der Waals surface area contributed by atoms with E-state index in [0.29, 0.717) is 18.4 Å². The summed E-state index contributed by atoms with van der Waals surface area (Å²) in [5, 5.41) is 9.14. The van der Waals surface area contributed by atoms with Crippen LogP contribution in [-0.2, 0) is 14.3 Å². The highest BCUT2D eigenvalue weighted by Crippen LogP contribution is 2.34. The zero-order valence-electron chi connectivity index (χ0n) is 13.3. The van der Waals surface area contributed by atoms with E-state index in [0.717, 1.165) is 19.3 Å². The lowest BCUT2D eigenvalue weighted by Gasteiger charge is -2.35. The summed E-state index contributed by atoms with van der Waals surface area (Å²) in [6, 6.07) is 4.35. The number of esters is 2. The molecule has 0 aliphatic heterocycles. The zero-order chi connectivity index (χ0) is 17.0. The first-order valence-corrected chi connectivity index (χ1v) is 7.60. The number of aromatic carboxylic acids is 1. The number of carboxylic acid groups (broad SMARTS) is 1. The number of aryl methyl sites for hydroxylation is 1. The fourth-order valence-electron chi connectivity index (χ4n) is 2.78. The average molecular weight is 320 g/mol. The van der Waals surface area contributed by atoms with Gasteiger partial charge in [0.25, 0.3) is 5.79 Å². The molecule has 0 spiro atoms. The van der Waals surface area contributed by atoms with Crippen LogP contribution in [0.15, 0.2) is 18.2 Å². The number of hydrogen-bond donors (Lipinski definition) is 1. The van der Waals surface area contributed by atoms with Crippen molar-refractivity contribution in [3.8, 4) is 0 Å². The van der Waals surface area contributed by atoms with Crippen molar-refractivity contribution in [2.75, 3.05) is 0 Å². The van der Waals surface area contributed by atoms with Crippen molar-refractivity contribution >= 4 is 17.9 Å². The number of carbonyl (C=O) groups is 3. The van der Waals surface area contributed by atoms with Gasteiger partial charge >= 0.3 is 17.9 Å². The molecular formula is C17H20O6. The topological polar surface area (TPSA) is 89.9 Å². The van der Waals surface area contributed by atoms with Gasteiger partial charge in [-0.25, -0.2) is 9.59 Å². The molecule has 0 heterocycles. The Morgan fingerprint density at radius 3 is 2.30 bits per heavy atom. The normalized spacial score (nSPS) is 16.4. The van der Waals surface area contributed by atoms with Gasteiger partial charge in [-0.1, -0.05) is 12.5 Å². The fraction of sp³-hybridized carbons (Fsp3) is 0.471. The van der Waals surface area contributed by atoms with Crippen LogP contribution >= 0.6 is 0 Å². The standard InChI is InChI=1S/C17H20O6/c1-11-6-7-13(10-14(11)15(19)20)16(21)23-17(22-12(2)18)8-4-3-5-9-17/h6-7,10H,3-5,8-9H2,1-2H3,(H,19,20). The third-order valence-electron chi connectivity index (χ3n) is 3.93. The minimum absolute atomic E-state index is 0.0460. The van der Waals surface area contributed by atoms with E-state index in [1.807, 2.05) is 0 Å². The molecule has 0 saturated heterocycles. The predicted octanol–water partition coefficient (Wildman–Crippen LogP) is 3.07. The molecule has 1 saturated carbocycles. The SMILES string of the molecule is CC(=O)OC1(OC(=O)c2ccc(C)c(C(=O)O)c2)CCCCC1. The van der Waals surface area contributed by atoms with Gasteiger partial charge in [-0.05, 0) is 37.5 Å². The van der Waals surface area contributed by atoms with Gasteiger partial charge in [-0.2, -0.15) is 0 Å². The van der Waals surface area contributed by atoms with E-state index in [9.17, 15) is 14.4 Å². The van der Waals surface area contributed by atoms with E-state index in [1.165, 1.54) is 19.1 Å². The summed E-state index contributed by atoms with van der Waals surface area (Å²) in [5.41, 5.74) is 0.733. The molecule has 6 nitrogen and oxygen atoms in total. The van der Waals surface area contributed by atoms with Crippen LogP contribution in [0.25, 0.3) is 0 Å². The van der Waals surface area contributed by atoms with E-state index in [1.54, 1.807) is 13.0 Å². The predicted molar refractivity (Wildman–Crippen MR) is 81.1 cm³/mol. The number of ether oxygens (including phenoxy) is 2. The number of rotatable bonds is 4. The lowest BCUT2D eigenvalue weighted by Crippen LogP contribution is -2.41. The van der Waals surface area contributed by atoms with Gasteiger partial charge in [0.2, 0.25) is 0 Å². The molecule has 2 rings (SSSR count). The third-order valence-corrected chi connectivity index (χ3v) is 3.93. The van der Waals surface area contributed by atoms with Crippen molar-refractivity contribution in [3.63, 3.8) is 0 Å².